The van der Waals surface area contributed by atoms with Crippen molar-refractivity contribution in [1.29, 1.82) is 0 Å². The van der Waals surface area contributed by atoms with Crippen LogP contribution in [0.1, 0.15) is 16.8 Å². The van der Waals surface area contributed by atoms with Gasteiger partial charge in [0, 0.05) is 32.7 Å². The topological polar surface area (TPSA) is 63.3 Å². The lowest BCUT2D eigenvalue weighted by atomic mass is 10.1. The van der Waals surface area contributed by atoms with E-state index < -0.39 is 0 Å². The van der Waals surface area contributed by atoms with E-state index in [-0.39, 0.29) is 5.91 Å². The number of para-hydroxylation sites is 3. The summed E-state index contributed by atoms with van der Waals surface area (Å²) >= 11 is 0. The minimum Gasteiger partial charge on any atom is -0.495 e. The molecule has 0 aliphatic carbocycles. The Morgan fingerprint density at radius 2 is 1.60 bits per heavy atom. The first-order valence-electron chi connectivity index (χ1n) is 10.3. The largest absolute Gasteiger partial charge is 0.495 e. The maximum atomic E-state index is 12.5. The number of nitrogens with one attached hydrogen (secondary N) is 1. The molecule has 0 aromatic heterocycles. The zero-order chi connectivity index (χ0) is 21.3. The summed E-state index contributed by atoms with van der Waals surface area (Å²) in [5.74, 6) is 1.79. The molecule has 7 nitrogen and oxygen atoms in total. The number of carbonyl (C=O) groups excluding carboxylic acids is 1. The highest BCUT2D eigenvalue weighted by atomic mass is 16.5. The first kappa shape index (κ1) is 21.8. The maximum Gasteiger partial charge on any atom is 0.255 e. The number of ether oxygens (including phenoxy) is 3. The number of benzene rings is 2. The summed E-state index contributed by atoms with van der Waals surface area (Å²) in [7, 11) is 4.82. The fourth-order valence-corrected chi connectivity index (χ4v) is 3.77. The minimum atomic E-state index is -0.147. The van der Waals surface area contributed by atoms with Crippen molar-refractivity contribution in [1.82, 2.24) is 10.2 Å². The van der Waals surface area contributed by atoms with E-state index in [0.717, 1.165) is 50.6 Å². The van der Waals surface area contributed by atoms with Crippen molar-refractivity contribution in [2.75, 3.05) is 65.5 Å². The zero-order valence-corrected chi connectivity index (χ0v) is 18.0. The second-order valence-electron chi connectivity index (χ2n) is 7.15. The van der Waals surface area contributed by atoms with E-state index in [1.54, 1.807) is 39.5 Å². The van der Waals surface area contributed by atoms with Crippen molar-refractivity contribution in [2.45, 2.75) is 6.42 Å². The Morgan fingerprint density at radius 1 is 0.900 bits per heavy atom. The second-order valence-corrected chi connectivity index (χ2v) is 7.15. The molecule has 2 aromatic rings. The van der Waals surface area contributed by atoms with Crippen LogP contribution in [-0.2, 0) is 0 Å². The van der Waals surface area contributed by atoms with E-state index in [1.165, 1.54) is 0 Å². The molecule has 1 heterocycles. The van der Waals surface area contributed by atoms with Gasteiger partial charge in [0.05, 0.1) is 32.6 Å². The van der Waals surface area contributed by atoms with E-state index in [9.17, 15) is 4.79 Å². The van der Waals surface area contributed by atoms with E-state index in [1.807, 2.05) is 18.2 Å². The molecule has 30 heavy (non-hydrogen) atoms. The molecular weight excluding hydrogens is 382 g/mol. The Hall–Kier alpha value is -2.93. The quantitative estimate of drug-likeness (QED) is 0.638. The summed E-state index contributed by atoms with van der Waals surface area (Å²) in [5, 5.41) is 2.99. The van der Waals surface area contributed by atoms with Gasteiger partial charge in [-0.15, -0.1) is 0 Å². The summed E-state index contributed by atoms with van der Waals surface area (Å²) in [6.45, 7) is 5.49. The Morgan fingerprint density at radius 3 is 2.30 bits per heavy atom. The van der Waals surface area contributed by atoms with Gasteiger partial charge in [-0.25, -0.2) is 0 Å². The van der Waals surface area contributed by atoms with Crippen LogP contribution in [0.2, 0.25) is 0 Å². The Balaban J connectivity index is 1.42. The van der Waals surface area contributed by atoms with Gasteiger partial charge in [0.2, 0.25) is 0 Å². The van der Waals surface area contributed by atoms with Crippen LogP contribution < -0.4 is 24.4 Å². The Bertz CT molecular complexity index is 835. The molecule has 0 unspecified atom stereocenters. The average molecular weight is 414 g/mol. The molecule has 0 radical (unpaired) electrons. The molecule has 1 aliphatic heterocycles. The van der Waals surface area contributed by atoms with Gasteiger partial charge in [0.25, 0.3) is 5.91 Å². The lowest BCUT2D eigenvalue weighted by molar-refractivity contribution is 0.0947. The number of hydrogen-bond acceptors (Lipinski definition) is 6. The third kappa shape index (κ3) is 5.16. The van der Waals surface area contributed by atoms with Crippen LogP contribution in [0.25, 0.3) is 0 Å². The highest BCUT2D eigenvalue weighted by Crippen LogP contribution is 2.30. The van der Waals surface area contributed by atoms with Gasteiger partial charge in [0.15, 0.2) is 11.5 Å². The number of carbonyl (C=O) groups is 1. The fourth-order valence-electron chi connectivity index (χ4n) is 3.77. The van der Waals surface area contributed by atoms with Crippen molar-refractivity contribution < 1.29 is 19.0 Å². The van der Waals surface area contributed by atoms with Crippen molar-refractivity contribution in [3.63, 3.8) is 0 Å². The molecule has 0 bridgehead atoms. The third-order valence-electron chi connectivity index (χ3n) is 5.38. The SMILES string of the molecule is COc1ccccc1N1CCN(CCCNC(=O)c2cccc(OC)c2OC)CC1. The average Bonchev–Trinajstić information content (AvgIpc) is 2.81. The zero-order valence-electron chi connectivity index (χ0n) is 18.0. The third-order valence-corrected chi connectivity index (χ3v) is 5.38. The van der Waals surface area contributed by atoms with Crippen molar-refractivity contribution >= 4 is 11.6 Å². The standard InChI is InChI=1S/C23H31N3O4/c1-28-20-10-5-4-9-19(20)26-16-14-25(15-17-26)13-7-12-24-23(27)18-8-6-11-21(29-2)22(18)30-3/h4-6,8-11H,7,12-17H2,1-3H3,(H,24,27). The van der Waals surface area contributed by atoms with Crippen LogP contribution in [0.4, 0.5) is 5.69 Å². The Labute approximate surface area is 178 Å². The summed E-state index contributed by atoms with van der Waals surface area (Å²) in [6.07, 6.45) is 0.896. The fraction of sp³-hybridized carbons (Fsp3) is 0.435. The Kier molecular flexibility index (Phi) is 7.79. The van der Waals surface area contributed by atoms with Crippen LogP contribution in [0.3, 0.4) is 0 Å². The van der Waals surface area contributed by atoms with Gasteiger partial charge in [-0.3, -0.25) is 9.69 Å². The molecule has 1 fully saturated rings. The number of rotatable bonds is 9. The van der Waals surface area contributed by atoms with Crippen LogP contribution in [-0.4, -0.2) is 71.4 Å². The number of amides is 1. The van der Waals surface area contributed by atoms with Crippen molar-refractivity contribution in [3.05, 3.63) is 48.0 Å². The normalized spacial score (nSPS) is 14.3. The van der Waals surface area contributed by atoms with Crippen LogP contribution >= 0.6 is 0 Å². The van der Waals surface area contributed by atoms with Crippen molar-refractivity contribution in [3.8, 4) is 17.2 Å². The molecule has 1 aliphatic rings. The summed E-state index contributed by atoms with van der Waals surface area (Å²) in [4.78, 5) is 17.3. The van der Waals surface area contributed by atoms with Crippen LogP contribution in [0.5, 0.6) is 17.2 Å². The number of piperazine rings is 1. The first-order valence-corrected chi connectivity index (χ1v) is 10.3. The number of anilines is 1. The van der Waals surface area contributed by atoms with Gasteiger partial charge < -0.3 is 24.4 Å². The molecule has 0 atom stereocenters. The monoisotopic (exact) mass is 413 g/mol. The van der Waals surface area contributed by atoms with Crippen LogP contribution in [0.15, 0.2) is 42.5 Å². The van der Waals surface area contributed by atoms with Gasteiger partial charge in [-0.05, 0) is 37.2 Å². The molecule has 2 aromatic carbocycles. The molecule has 0 saturated carbocycles. The molecule has 1 N–H and O–H groups in total. The lowest BCUT2D eigenvalue weighted by Crippen LogP contribution is -2.47. The molecule has 1 amide bonds. The highest BCUT2D eigenvalue weighted by molar-refractivity contribution is 5.97. The van der Waals surface area contributed by atoms with Gasteiger partial charge in [-0.2, -0.15) is 0 Å². The number of hydrogen-bond donors (Lipinski definition) is 1. The maximum absolute atomic E-state index is 12.5. The number of nitrogens with zero attached hydrogens (tertiary/aromatic N) is 2. The molecule has 7 heteroatoms. The lowest BCUT2D eigenvalue weighted by Gasteiger charge is -2.36. The molecular formula is C23H31N3O4. The highest BCUT2D eigenvalue weighted by Gasteiger charge is 2.19. The smallest absolute Gasteiger partial charge is 0.255 e. The van der Waals surface area contributed by atoms with Gasteiger partial charge in [-0.1, -0.05) is 18.2 Å². The van der Waals surface area contributed by atoms with Crippen LogP contribution in [0, 0.1) is 0 Å². The summed E-state index contributed by atoms with van der Waals surface area (Å²) in [6, 6.07) is 13.5. The van der Waals surface area contributed by atoms with Gasteiger partial charge in [0.1, 0.15) is 5.75 Å². The summed E-state index contributed by atoms with van der Waals surface area (Å²) < 4.78 is 16.1. The summed E-state index contributed by atoms with van der Waals surface area (Å²) in [5.41, 5.74) is 1.64. The predicted molar refractivity (Wildman–Crippen MR) is 118 cm³/mol. The molecule has 3 rings (SSSR count). The number of methoxy groups -OCH3 is 3. The molecule has 162 valence electrons. The van der Waals surface area contributed by atoms with Gasteiger partial charge >= 0.3 is 0 Å². The van der Waals surface area contributed by atoms with E-state index >= 15 is 0 Å². The van der Waals surface area contributed by atoms with E-state index in [0.29, 0.717) is 23.6 Å². The predicted octanol–water partition coefficient (Wildman–Crippen LogP) is 2.65. The molecule has 0 spiro atoms. The van der Waals surface area contributed by atoms with E-state index in [2.05, 4.69) is 21.2 Å². The van der Waals surface area contributed by atoms with Crippen molar-refractivity contribution in [2.24, 2.45) is 0 Å². The first-order chi connectivity index (χ1) is 14.7. The van der Waals surface area contributed by atoms with E-state index in [4.69, 9.17) is 14.2 Å². The second kappa shape index (κ2) is 10.7. The molecule has 1 saturated heterocycles. The minimum absolute atomic E-state index is 0.147.